The van der Waals surface area contributed by atoms with Gasteiger partial charge in [-0.15, -0.1) is 0 Å². The minimum atomic E-state index is -0.701. The van der Waals surface area contributed by atoms with Gasteiger partial charge in [0.05, 0.1) is 41.8 Å². The maximum atomic E-state index is 11.8. The Kier molecular flexibility index (Phi) is 37.9. The van der Waals surface area contributed by atoms with Crippen molar-refractivity contribution in [3.8, 4) is 0 Å². The van der Waals surface area contributed by atoms with Crippen LogP contribution in [0.5, 0.6) is 0 Å². The lowest BCUT2D eigenvalue weighted by molar-refractivity contribution is -0.124. The number of aromatic nitrogens is 8. The van der Waals surface area contributed by atoms with E-state index < -0.39 is 29.5 Å². The van der Waals surface area contributed by atoms with E-state index in [1.54, 1.807) is 49.3 Å². The van der Waals surface area contributed by atoms with Crippen molar-refractivity contribution < 1.29 is 64.3 Å². The molecule has 94 heavy (non-hydrogen) atoms. The van der Waals surface area contributed by atoms with E-state index in [-0.39, 0.29) is 40.2 Å². The van der Waals surface area contributed by atoms with Crippen molar-refractivity contribution in [2.24, 2.45) is 0 Å². The maximum absolute atomic E-state index is 11.8. The first-order chi connectivity index (χ1) is 44.0. The molecule has 0 unspecified atom stereocenters. The molecule has 0 atom stereocenters. The van der Waals surface area contributed by atoms with Crippen LogP contribution in [0.3, 0.4) is 0 Å². The Balaban J connectivity index is 0.000000589. The first-order valence-corrected chi connectivity index (χ1v) is 29.5. The molecule has 0 saturated heterocycles. The molecular formula is C64H95N17O13. The topological polar surface area (TPSA) is 398 Å². The quantitative estimate of drug-likeness (QED) is 0.0198. The summed E-state index contributed by atoms with van der Waals surface area (Å²) in [6, 6.07) is 7.95. The number of amides is 6. The first-order valence-electron chi connectivity index (χ1n) is 29.5. The van der Waals surface area contributed by atoms with Gasteiger partial charge in [-0.25, -0.2) is 57.3 Å². The van der Waals surface area contributed by atoms with Crippen molar-refractivity contribution in [1.29, 1.82) is 0 Å². The van der Waals surface area contributed by atoms with Crippen LogP contribution in [0.2, 0.25) is 0 Å². The highest BCUT2D eigenvalue weighted by molar-refractivity contribution is 5.94. The zero-order valence-electron chi connectivity index (χ0n) is 56.8. The van der Waals surface area contributed by atoms with E-state index in [2.05, 4.69) is 110 Å². The number of nitrogens with one attached hydrogen (secondary N) is 5. The van der Waals surface area contributed by atoms with Crippen molar-refractivity contribution in [2.45, 2.75) is 152 Å². The van der Waals surface area contributed by atoms with Gasteiger partial charge in [0.2, 0.25) is 11.9 Å². The Morgan fingerprint density at radius 2 is 0.894 bits per heavy atom. The second kappa shape index (κ2) is 42.9. The van der Waals surface area contributed by atoms with E-state index >= 15 is 0 Å². The third kappa shape index (κ3) is 36.8. The number of anilines is 1. The number of carbonyl (C=O) groups excluding carboxylic acids is 6. The van der Waals surface area contributed by atoms with Crippen molar-refractivity contribution in [1.82, 2.24) is 82.0 Å². The number of nitrogens with zero attached hydrogens (tertiary/aromatic N) is 12. The standard InChI is InChI=1S/C14H23N5O3.C13H20N4O2.C13H19N3O2.C13H18N2O3.C11H15N3O3/c1-10(20)19(7-6-18(5)14(2,3)4)13-15-8-11(9-16-13)12(21)17-22;1-13(2,3)17(4)9-11-14-7-10(8-15-11)5-6-12(18)16-19;1-10(2)16(3)9-12-6-4-11(8-14-12)5-7-13(17)15-18;1-13(2,3)18-9-11-6-4-10(8-14-11)5-7-12(16)15-17;1-8(2)17-7-10-12-5-9(6-13-10)3-4-11(15)14-16/h8-9,22H,6-7H2,1-5H3,(H,17,21);5-8,19H,9H2,1-4H3,(H,16,18);4-8,10,18H,9H2,1-3H3,(H,15,17);4-8,17H,9H2,1-3H3,(H,15,16);3-6,8,16H,7H2,1-2H3,(H,14,15)/b;6-5+;2*7-5+;4-3+. The minimum Gasteiger partial charge on any atom is -0.371 e. The van der Waals surface area contributed by atoms with Crippen LogP contribution in [0.4, 0.5) is 5.95 Å². The molecule has 5 heterocycles. The van der Waals surface area contributed by atoms with Crippen LogP contribution in [0.1, 0.15) is 153 Å². The molecule has 0 aromatic carbocycles. The molecule has 0 fully saturated rings. The molecular weight excluding hydrogens is 1210 g/mol. The van der Waals surface area contributed by atoms with Gasteiger partial charge in [-0.1, -0.05) is 12.1 Å². The highest BCUT2D eigenvalue weighted by Gasteiger charge is 2.22. The molecule has 30 nitrogen and oxygen atoms in total. The molecule has 5 aromatic rings. The van der Waals surface area contributed by atoms with Crippen molar-refractivity contribution in [2.75, 3.05) is 39.1 Å². The number of ether oxygens (including phenoxy) is 2. The molecule has 5 aromatic heterocycles. The van der Waals surface area contributed by atoms with E-state index in [4.69, 9.17) is 35.5 Å². The minimum absolute atomic E-state index is 0.00755. The molecule has 10 N–H and O–H groups in total. The summed E-state index contributed by atoms with van der Waals surface area (Å²) in [5.74, 6) is -1.66. The van der Waals surface area contributed by atoms with Gasteiger partial charge in [-0.2, -0.15) is 0 Å². The van der Waals surface area contributed by atoms with Gasteiger partial charge in [-0.3, -0.25) is 84.4 Å². The Bertz CT molecular complexity index is 3180. The average molecular weight is 1310 g/mol. The second-order valence-corrected chi connectivity index (χ2v) is 24.0. The molecule has 6 amide bonds. The Morgan fingerprint density at radius 1 is 0.489 bits per heavy atom. The van der Waals surface area contributed by atoms with E-state index in [0.717, 1.165) is 34.9 Å². The predicted octanol–water partition coefficient (Wildman–Crippen LogP) is 6.18. The molecule has 0 aliphatic heterocycles. The van der Waals surface area contributed by atoms with Crippen LogP contribution < -0.4 is 32.3 Å². The van der Waals surface area contributed by atoms with Gasteiger partial charge in [0.15, 0.2) is 5.82 Å². The summed E-state index contributed by atoms with van der Waals surface area (Å²) in [4.78, 5) is 107. The zero-order chi connectivity index (χ0) is 71.2. The third-order valence-electron chi connectivity index (χ3n) is 12.7. The summed E-state index contributed by atoms with van der Waals surface area (Å²) in [5, 5.41) is 41.8. The molecule has 0 spiro atoms. The van der Waals surface area contributed by atoms with E-state index in [1.807, 2.05) is 80.0 Å². The van der Waals surface area contributed by atoms with E-state index in [0.29, 0.717) is 55.8 Å². The number of pyridine rings is 2. The Labute approximate surface area is 550 Å². The van der Waals surface area contributed by atoms with Crippen LogP contribution in [-0.4, -0.2) is 179 Å². The predicted molar refractivity (Wildman–Crippen MR) is 352 cm³/mol. The highest BCUT2D eigenvalue weighted by atomic mass is 16.5. The summed E-state index contributed by atoms with van der Waals surface area (Å²) < 4.78 is 10.9. The van der Waals surface area contributed by atoms with Crippen LogP contribution in [-0.2, 0) is 59.7 Å². The number of hydroxylamine groups is 5. The fourth-order valence-corrected chi connectivity index (χ4v) is 6.19. The highest BCUT2D eigenvalue weighted by Crippen LogP contribution is 2.16. The molecule has 0 aliphatic rings. The van der Waals surface area contributed by atoms with E-state index in [9.17, 15) is 28.8 Å². The largest absolute Gasteiger partial charge is 0.371 e. The van der Waals surface area contributed by atoms with Gasteiger partial charge in [0.25, 0.3) is 29.5 Å². The lowest BCUT2D eigenvalue weighted by Gasteiger charge is -2.33. The number of rotatable bonds is 23. The average Bonchev–Trinajstić information content (AvgIpc) is 0.924. The van der Waals surface area contributed by atoms with Crippen LogP contribution in [0.25, 0.3) is 24.3 Å². The van der Waals surface area contributed by atoms with Gasteiger partial charge >= 0.3 is 0 Å². The molecule has 0 bridgehead atoms. The lowest BCUT2D eigenvalue weighted by atomic mass is 10.1. The monoisotopic (exact) mass is 1310 g/mol. The molecule has 30 heteroatoms. The number of hydrogen-bond donors (Lipinski definition) is 10. The van der Waals surface area contributed by atoms with Crippen molar-refractivity contribution >= 4 is 65.7 Å². The zero-order valence-corrected chi connectivity index (χ0v) is 56.8. The van der Waals surface area contributed by atoms with Crippen molar-refractivity contribution in [3.05, 3.63) is 149 Å². The molecule has 5 rings (SSSR count). The van der Waals surface area contributed by atoms with Crippen molar-refractivity contribution in [3.63, 3.8) is 0 Å². The maximum Gasteiger partial charge on any atom is 0.277 e. The summed E-state index contributed by atoms with van der Waals surface area (Å²) in [7, 11) is 6.04. The fourth-order valence-electron chi connectivity index (χ4n) is 6.19. The molecule has 0 aliphatic carbocycles. The summed E-state index contributed by atoms with van der Waals surface area (Å²) >= 11 is 0. The SMILES string of the molecule is CC(=O)N(CCN(C)C(C)(C)C)c1ncc(C(=O)NO)cn1.CC(C)(C)OCc1ccc(/C=C/C(=O)NO)cn1.CC(C)N(C)Cc1ccc(/C=C/C(=O)NO)cn1.CC(C)OCc1ncc(/C=C/C(=O)NO)cn1.CN(Cc1ncc(/C=C/C(=O)NO)cn1)C(C)(C)C. The smallest absolute Gasteiger partial charge is 0.277 e. The fraction of sp³-hybridized carbons (Fsp3) is 0.438. The van der Waals surface area contributed by atoms with Crippen LogP contribution in [0, 0.1) is 0 Å². The first kappa shape index (κ1) is 82.9. The Morgan fingerprint density at radius 3 is 1.24 bits per heavy atom. The Hall–Kier alpha value is -9.08. The van der Waals surface area contributed by atoms with E-state index in [1.165, 1.54) is 88.1 Å². The van der Waals surface area contributed by atoms with Crippen LogP contribution in [0.15, 0.2) is 98.1 Å². The molecule has 514 valence electrons. The summed E-state index contributed by atoms with van der Waals surface area (Å²) in [6.07, 6.45) is 23.5. The van der Waals surface area contributed by atoms with Gasteiger partial charge in [0, 0.05) is 129 Å². The van der Waals surface area contributed by atoms with Crippen LogP contribution >= 0.6 is 0 Å². The molecule has 0 saturated carbocycles. The third-order valence-corrected chi connectivity index (χ3v) is 12.7. The normalized spacial score (nSPS) is 11.6. The summed E-state index contributed by atoms with van der Waals surface area (Å²) in [6.45, 7) is 31.5. The molecule has 0 radical (unpaired) electrons. The number of hydrogen-bond acceptors (Lipinski definition) is 24. The second-order valence-electron chi connectivity index (χ2n) is 24.0. The van der Waals surface area contributed by atoms with Gasteiger partial charge < -0.3 is 9.47 Å². The number of likely N-dealkylation sites (N-methyl/N-ethyl adjacent to an activating group) is 1. The van der Waals surface area contributed by atoms with Gasteiger partial charge in [0.1, 0.15) is 12.4 Å². The number of carbonyl (C=O) groups is 6. The lowest BCUT2D eigenvalue weighted by Crippen LogP contribution is -2.44. The summed E-state index contributed by atoms with van der Waals surface area (Å²) in [5.41, 5.74) is 12.3. The van der Waals surface area contributed by atoms with Gasteiger partial charge in [-0.05, 0) is 159 Å².